The lowest BCUT2D eigenvalue weighted by Gasteiger charge is -2.26. The Labute approximate surface area is 266 Å². The molecular formula is C35H38F3N5O3. The van der Waals surface area contributed by atoms with E-state index in [2.05, 4.69) is 25.8 Å². The summed E-state index contributed by atoms with van der Waals surface area (Å²) in [6.07, 6.45) is 10.6. The number of fused-ring (bicyclic) bond motifs is 3. The number of aromatic nitrogens is 3. The van der Waals surface area contributed by atoms with Gasteiger partial charge in [0, 0.05) is 48.7 Å². The van der Waals surface area contributed by atoms with Crippen LogP contribution in [0.25, 0.3) is 32.9 Å². The molecule has 0 bridgehead atoms. The number of aliphatic hydroxyl groups is 1. The Morgan fingerprint density at radius 1 is 1.13 bits per heavy atom. The fourth-order valence-corrected chi connectivity index (χ4v) is 6.95. The predicted molar refractivity (Wildman–Crippen MR) is 172 cm³/mol. The minimum atomic E-state index is -0.878. The van der Waals surface area contributed by atoms with Crippen LogP contribution in [-0.4, -0.2) is 80.7 Å². The Morgan fingerprint density at radius 3 is 2.63 bits per heavy atom. The molecule has 2 N–H and O–H groups in total. The number of nitrogens with zero attached hydrogens (tertiary/aromatic N) is 5. The van der Waals surface area contributed by atoms with E-state index in [4.69, 9.17) is 11.2 Å². The predicted octanol–water partition coefficient (Wildman–Crippen LogP) is 6.00. The molecule has 8 nitrogen and oxygen atoms in total. The summed E-state index contributed by atoms with van der Waals surface area (Å²) in [5.74, 6) is 1.22. The number of benzene rings is 2. The summed E-state index contributed by atoms with van der Waals surface area (Å²) in [4.78, 5) is 17.5. The maximum absolute atomic E-state index is 16.2. The van der Waals surface area contributed by atoms with Gasteiger partial charge in [-0.25, -0.2) is 13.2 Å². The zero-order chi connectivity index (χ0) is 32.7. The first-order chi connectivity index (χ1) is 22.0. The molecule has 3 aliphatic heterocycles. The first kappa shape index (κ1) is 31.8. The SMILES string of the molecule is C#Cc1c(F)ccc2cc(O)cc(-c3ncc4c(N5CCC(C(C)(C)O)C5)nc(OCC)nc4c3F)c12.FC1CC2CCCN2C1. The van der Waals surface area contributed by atoms with Gasteiger partial charge in [0.05, 0.1) is 23.2 Å². The number of ether oxygens (including phenoxy) is 1. The summed E-state index contributed by atoms with van der Waals surface area (Å²) in [6, 6.07) is 6.02. The van der Waals surface area contributed by atoms with Crippen LogP contribution in [0.1, 0.15) is 52.0 Å². The summed E-state index contributed by atoms with van der Waals surface area (Å²) >= 11 is 0. The molecule has 2 aromatic carbocycles. The van der Waals surface area contributed by atoms with E-state index in [1.165, 1.54) is 43.3 Å². The third kappa shape index (κ3) is 6.04. The summed E-state index contributed by atoms with van der Waals surface area (Å²) in [7, 11) is 0. The molecule has 3 unspecified atom stereocenters. The quantitative estimate of drug-likeness (QED) is 0.259. The molecule has 2 aromatic heterocycles. The molecule has 0 aliphatic carbocycles. The van der Waals surface area contributed by atoms with Crippen LogP contribution in [0.5, 0.6) is 11.8 Å². The standard InChI is InChI=1S/C28H26F2N4O3.C7H12FN/c1-5-18-21(29)8-7-15-11-17(35)12-19(22(15)18)24-23(30)25-20(13-31-24)26(33-27(32-25)37-6-2)34-10-9-16(14-34)28(3,4)36;8-6-4-7-2-1-3-9(7)5-6/h1,7-8,11-13,16,35-36H,6,9-10,14H2,2-4H3;6-7H,1-5H2. The van der Waals surface area contributed by atoms with Crippen LogP contribution >= 0.6 is 0 Å². The molecule has 46 heavy (non-hydrogen) atoms. The van der Waals surface area contributed by atoms with E-state index in [0.29, 0.717) is 42.3 Å². The second-order valence-electron chi connectivity index (χ2n) is 12.8. The van der Waals surface area contributed by atoms with Crippen molar-refractivity contribution in [2.24, 2.45) is 5.92 Å². The minimum Gasteiger partial charge on any atom is -0.508 e. The number of pyridine rings is 1. The molecular weight excluding hydrogens is 595 g/mol. The molecule has 3 atom stereocenters. The van der Waals surface area contributed by atoms with E-state index in [1.807, 2.05) is 4.90 Å². The number of terminal acetylenes is 1. The topological polar surface area (TPSA) is 94.8 Å². The van der Waals surface area contributed by atoms with Crippen LogP contribution in [0.4, 0.5) is 19.0 Å². The molecule has 7 rings (SSSR count). The molecule has 3 saturated heterocycles. The van der Waals surface area contributed by atoms with Crippen molar-refractivity contribution in [2.75, 3.05) is 37.7 Å². The largest absolute Gasteiger partial charge is 0.508 e. The summed E-state index contributed by atoms with van der Waals surface area (Å²) < 4.78 is 48.9. The van der Waals surface area contributed by atoms with Crippen LogP contribution in [0.2, 0.25) is 0 Å². The lowest BCUT2D eigenvalue weighted by atomic mass is 9.90. The highest BCUT2D eigenvalue weighted by molar-refractivity contribution is 6.03. The monoisotopic (exact) mass is 633 g/mol. The fraction of sp³-hybridized carbons (Fsp3) is 0.457. The highest BCUT2D eigenvalue weighted by Crippen LogP contribution is 2.40. The van der Waals surface area contributed by atoms with Crippen LogP contribution in [0, 0.1) is 29.9 Å². The number of aromatic hydroxyl groups is 1. The minimum absolute atomic E-state index is 0.000812. The molecule has 0 amide bonds. The van der Waals surface area contributed by atoms with Crippen molar-refractivity contribution in [3.8, 4) is 35.4 Å². The highest BCUT2D eigenvalue weighted by atomic mass is 19.1. The fourth-order valence-electron chi connectivity index (χ4n) is 6.95. The van der Waals surface area contributed by atoms with E-state index in [1.54, 1.807) is 20.8 Å². The van der Waals surface area contributed by atoms with Crippen LogP contribution in [0.15, 0.2) is 30.5 Å². The van der Waals surface area contributed by atoms with E-state index in [9.17, 15) is 19.0 Å². The van der Waals surface area contributed by atoms with Gasteiger partial charge in [0.1, 0.15) is 34.8 Å². The molecule has 5 heterocycles. The van der Waals surface area contributed by atoms with Crippen molar-refractivity contribution >= 4 is 27.5 Å². The first-order valence-electron chi connectivity index (χ1n) is 15.7. The number of anilines is 1. The first-order valence-corrected chi connectivity index (χ1v) is 15.7. The highest BCUT2D eigenvalue weighted by Gasteiger charge is 2.36. The third-order valence-corrected chi connectivity index (χ3v) is 9.31. The van der Waals surface area contributed by atoms with Gasteiger partial charge in [-0.05, 0) is 76.6 Å². The van der Waals surface area contributed by atoms with Crippen molar-refractivity contribution in [1.29, 1.82) is 0 Å². The Hall–Kier alpha value is -4.14. The zero-order valence-corrected chi connectivity index (χ0v) is 26.2. The molecule has 0 spiro atoms. The molecule has 0 radical (unpaired) electrons. The van der Waals surface area contributed by atoms with Crippen molar-refractivity contribution in [3.05, 3.63) is 47.7 Å². The second kappa shape index (κ2) is 12.6. The van der Waals surface area contributed by atoms with Gasteiger partial charge in [-0.2, -0.15) is 9.97 Å². The van der Waals surface area contributed by atoms with E-state index < -0.39 is 23.4 Å². The number of phenolic OH excluding ortho intramolecular Hbond substituents is 1. The zero-order valence-electron chi connectivity index (χ0n) is 26.2. The third-order valence-electron chi connectivity index (χ3n) is 9.31. The van der Waals surface area contributed by atoms with Crippen LogP contribution in [-0.2, 0) is 0 Å². The van der Waals surface area contributed by atoms with Gasteiger partial charge < -0.3 is 19.8 Å². The van der Waals surface area contributed by atoms with E-state index in [0.717, 1.165) is 19.4 Å². The number of hydrogen-bond acceptors (Lipinski definition) is 8. The summed E-state index contributed by atoms with van der Waals surface area (Å²) in [5, 5.41) is 21.9. The van der Waals surface area contributed by atoms with Crippen molar-refractivity contribution in [2.45, 2.75) is 64.3 Å². The van der Waals surface area contributed by atoms with Gasteiger partial charge in [0.15, 0.2) is 5.82 Å². The lowest BCUT2D eigenvalue weighted by Crippen LogP contribution is -2.33. The van der Waals surface area contributed by atoms with Crippen LogP contribution < -0.4 is 9.64 Å². The van der Waals surface area contributed by atoms with E-state index in [-0.39, 0.29) is 52.0 Å². The Kier molecular flexibility index (Phi) is 8.70. The normalized spacial score (nSPS) is 21.3. The van der Waals surface area contributed by atoms with E-state index >= 15 is 4.39 Å². The molecule has 4 aromatic rings. The van der Waals surface area contributed by atoms with Gasteiger partial charge in [-0.3, -0.25) is 9.88 Å². The van der Waals surface area contributed by atoms with Gasteiger partial charge in [-0.15, -0.1) is 6.42 Å². The van der Waals surface area contributed by atoms with Gasteiger partial charge in [0.2, 0.25) is 0 Å². The maximum atomic E-state index is 16.2. The van der Waals surface area contributed by atoms with Gasteiger partial charge >= 0.3 is 6.01 Å². The number of hydrogen-bond donors (Lipinski definition) is 2. The second-order valence-corrected chi connectivity index (χ2v) is 12.8. The molecule has 11 heteroatoms. The lowest BCUT2D eigenvalue weighted by molar-refractivity contribution is 0.0263. The van der Waals surface area contributed by atoms with Crippen molar-refractivity contribution < 1.29 is 28.1 Å². The Bertz CT molecular complexity index is 1810. The maximum Gasteiger partial charge on any atom is 0.319 e. The van der Waals surface area contributed by atoms with Gasteiger partial charge in [-0.1, -0.05) is 12.0 Å². The van der Waals surface area contributed by atoms with Crippen LogP contribution in [0.3, 0.4) is 0 Å². The number of rotatable bonds is 5. The Balaban J connectivity index is 0.000000352. The smallest absolute Gasteiger partial charge is 0.319 e. The average molecular weight is 634 g/mol. The summed E-state index contributed by atoms with van der Waals surface area (Å²) in [5.41, 5.74) is -0.957. The molecule has 3 aliphatic rings. The van der Waals surface area contributed by atoms with Crippen molar-refractivity contribution in [1.82, 2.24) is 19.9 Å². The van der Waals surface area contributed by atoms with Crippen molar-refractivity contribution in [3.63, 3.8) is 0 Å². The van der Waals surface area contributed by atoms with Gasteiger partial charge in [0.25, 0.3) is 0 Å². The number of alkyl halides is 1. The molecule has 0 saturated carbocycles. The average Bonchev–Trinajstić information content (AvgIpc) is 3.75. The summed E-state index contributed by atoms with van der Waals surface area (Å²) in [6.45, 7) is 8.58. The Morgan fingerprint density at radius 2 is 1.93 bits per heavy atom. The number of halogens is 3. The number of phenols is 1. The molecule has 242 valence electrons. The molecule has 3 fully saturated rings.